The summed E-state index contributed by atoms with van der Waals surface area (Å²) in [6, 6.07) is 15.1. The Balaban J connectivity index is 0.000000387. The highest BCUT2D eigenvalue weighted by atomic mass is 32.2. The van der Waals surface area contributed by atoms with Crippen molar-refractivity contribution in [1.82, 2.24) is 0 Å². The van der Waals surface area contributed by atoms with Gasteiger partial charge in [-0.25, -0.2) is 8.42 Å². The molecule has 146 valence electrons. The smallest absolute Gasteiger partial charge is 0.299 e. The molecule has 0 spiro atoms. The SMILES string of the molecule is C[N+](C)(C)C.O=S(=O)(OP)c1ccccc1.O=S(=O)([O-])c1ccccc1. The number of rotatable bonds is 3. The Morgan fingerprint density at radius 1 is 0.769 bits per heavy atom. The standard InChI is InChI=1S/C6H7O3PS.C6H6O3S.C4H12N/c7-11(8,9-10)6-4-2-1-3-5-6;7-10(8,9)6-4-2-1-3-5-6;1-5(2,3)4/h1-5H,10H2;1-5H,(H,7,8,9);1-4H3/q;;+1/p-1. The van der Waals surface area contributed by atoms with E-state index < -0.39 is 20.2 Å². The van der Waals surface area contributed by atoms with E-state index in [1.807, 2.05) is 0 Å². The van der Waals surface area contributed by atoms with Crippen LogP contribution < -0.4 is 0 Å². The highest BCUT2D eigenvalue weighted by molar-refractivity contribution is 7.88. The van der Waals surface area contributed by atoms with Gasteiger partial charge in [-0.2, -0.15) is 8.42 Å². The zero-order chi connectivity index (χ0) is 20.4. The van der Waals surface area contributed by atoms with Crippen molar-refractivity contribution >= 4 is 29.7 Å². The molecule has 7 nitrogen and oxygen atoms in total. The molecule has 0 fully saturated rings. The third-order valence-corrected chi connectivity index (χ3v) is 4.90. The van der Waals surface area contributed by atoms with Gasteiger partial charge in [-0.05, 0) is 24.3 Å². The molecular formula is C16H24NO6PS2. The highest BCUT2D eigenvalue weighted by Gasteiger charge is 2.10. The molecule has 0 saturated heterocycles. The Hall–Kier alpha value is -1.35. The van der Waals surface area contributed by atoms with Crippen LogP contribution >= 0.6 is 9.47 Å². The van der Waals surface area contributed by atoms with Gasteiger partial charge in [0.1, 0.15) is 10.1 Å². The molecule has 1 atom stereocenters. The summed E-state index contributed by atoms with van der Waals surface area (Å²) in [5.41, 5.74) is 0. The molecule has 1 unspecified atom stereocenters. The van der Waals surface area contributed by atoms with E-state index in [9.17, 15) is 21.4 Å². The van der Waals surface area contributed by atoms with Gasteiger partial charge in [0.05, 0.1) is 38.0 Å². The fraction of sp³-hybridized carbons (Fsp3) is 0.250. The normalized spacial score (nSPS) is 11.5. The van der Waals surface area contributed by atoms with Crippen LogP contribution in [0.4, 0.5) is 0 Å². The minimum atomic E-state index is -4.25. The van der Waals surface area contributed by atoms with E-state index in [0.717, 1.165) is 4.48 Å². The summed E-state index contributed by atoms with van der Waals surface area (Å²) < 4.78 is 58.0. The second kappa shape index (κ2) is 10.7. The molecule has 0 heterocycles. The van der Waals surface area contributed by atoms with Crippen LogP contribution in [0.5, 0.6) is 0 Å². The summed E-state index contributed by atoms with van der Waals surface area (Å²) >= 11 is 0. The van der Waals surface area contributed by atoms with Crippen LogP contribution in [0.25, 0.3) is 0 Å². The first kappa shape index (κ1) is 24.7. The van der Waals surface area contributed by atoms with Crippen molar-refractivity contribution < 1.29 is 29.8 Å². The van der Waals surface area contributed by atoms with Crippen molar-refractivity contribution in [2.75, 3.05) is 28.2 Å². The van der Waals surface area contributed by atoms with E-state index in [-0.39, 0.29) is 9.79 Å². The summed E-state index contributed by atoms with van der Waals surface area (Å²) in [5, 5.41) is 0. The van der Waals surface area contributed by atoms with Gasteiger partial charge in [0.25, 0.3) is 10.1 Å². The zero-order valence-corrected chi connectivity index (χ0v) is 17.9. The lowest BCUT2D eigenvalue weighted by Gasteiger charge is -2.14. The van der Waals surface area contributed by atoms with Gasteiger partial charge in [0.15, 0.2) is 0 Å². The van der Waals surface area contributed by atoms with Gasteiger partial charge >= 0.3 is 0 Å². The molecule has 0 aliphatic rings. The molecule has 26 heavy (non-hydrogen) atoms. The predicted molar refractivity (Wildman–Crippen MR) is 103 cm³/mol. The average Bonchev–Trinajstić information content (AvgIpc) is 2.55. The molecule has 10 heteroatoms. The Bertz CT molecular complexity index is 843. The molecular weight excluding hydrogens is 397 g/mol. The molecule has 2 aromatic carbocycles. The van der Waals surface area contributed by atoms with Crippen molar-refractivity contribution in [3.05, 3.63) is 60.7 Å². The lowest BCUT2D eigenvalue weighted by molar-refractivity contribution is -0.849. The van der Waals surface area contributed by atoms with E-state index in [2.05, 4.69) is 32.2 Å². The summed E-state index contributed by atoms with van der Waals surface area (Å²) in [6.45, 7) is 0. The van der Waals surface area contributed by atoms with Crippen molar-refractivity contribution in [3.63, 3.8) is 0 Å². The number of nitrogens with zero attached hydrogens (tertiary/aromatic N) is 1. The van der Waals surface area contributed by atoms with Crippen LogP contribution in [-0.2, 0) is 24.2 Å². The van der Waals surface area contributed by atoms with E-state index in [4.69, 9.17) is 0 Å². The monoisotopic (exact) mass is 421 g/mol. The van der Waals surface area contributed by atoms with Crippen LogP contribution in [0.3, 0.4) is 0 Å². The van der Waals surface area contributed by atoms with Crippen LogP contribution in [0.15, 0.2) is 70.5 Å². The summed E-state index contributed by atoms with van der Waals surface area (Å²) in [6.07, 6.45) is 0. The largest absolute Gasteiger partial charge is 0.744 e. The summed E-state index contributed by atoms with van der Waals surface area (Å²) in [4.78, 5) is -0.0231. The van der Waals surface area contributed by atoms with Crippen LogP contribution in [-0.4, -0.2) is 54.1 Å². The van der Waals surface area contributed by atoms with E-state index in [0.29, 0.717) is 0 Å². The van der Waals surface area contributed by atoms with E-state index >= 15 is 0 Å². The lowest BCUT2D eigenvalue weighted by atomic mass is 10.4. The second-order valence-corrected chi connectivity index (χ2v) is 9.84. The molecule has 2 rings (SSSR count). The van der Waals surface area contributed by atoms with Gasteiger partial charge in [0.2, 0.25) is 0 Å². The van der Waals surface area contributed by atoms with Crippen LogP contribution in [0.1, 0.15) is 0 Å². The molecule has 0 N–H and O–H groups in total. The van der Waals surface area contributed by atoms with Gasteiger partial charge in [-0.3, -0.25) is 3.97 Å². The lowest BCUT2D eigenvalue weighted by Crippen LogP contribution is -2.27. The van der Waals surface area contributed by atoms with Gasteiger partial charge in [0, 0.05) is 9.47 Å². The van der Waals surface area contributed by atoms with Crippen LogP contribution in [0, 0.1) is 0 Å². The van der Waals surface area contributed by atoms with Crippen LogP contribution in [0.2, 0.25) is 0 Å². The number of benzene rings is 2. The molecule has 0 saturated carbocycles. The van der Waals surface area contributed by atoms with Crippen molar-refractivity contribution in [2.45, 2.75) is 9.79 Å². The first-order chi connectivity index (χ1) is 11.8. The number of hydrogen-bond acceptors (Lipinski definition) is 6. The summed E-state index contributed by atoms with van der Waals surface area (Å²) in [5.74, 6) is 0. The molecule has 2 aromatic rings. The molecule has 0 bridgehead atoms. The van der Waals surface area contributed by atoms with Gasteiger partial charge < -0.3 is 9.04 Å². The molecule has 0 amide bonds. The maximum absolute atomic E-state index is 11.0. The van der Waals surface area contributed by atoms with Gasteiger partial charge in [-0.15, -0.1) is 0 Å². The maximum atomic E-state index is 11.0. The molecule has 0 radical (unpaired) electrons. The fourth-order valence-electron chi connectivity index (χ4n) is 1.23. The molecule has 0 aliphatic heterocycles. The third-order valence-electron chi connectivity index (χ3n) is 2.19. The first-order valence-corrected chi connectivity index (χ1v) is 10.5. The topological polar surface area (TPSA) is 101 Å². The Labute approximate surface area is 158 Å². The third kappa shape index (κ3) is 12.1. The second-order valence-electron chi connectivity index (χ2n) is 6.31. The molecule has 0 aliphatic carbocycles. The minimum Gasteiger partial charge on any atom is -0.744 e. The highest BCUT2D eigenvalue weighted by Crippen LogP contribution is 2.13. The minimum absolute atomic E-state index is 0.162. The van der Waals surface area contributed by atoms with Crippen molar-refractivity contribution in [1.29, 1.82) is 0 Å². The Morgan fingerprint density at radius 3 is 1.31 bits per heavy atom. The maximum Gasteiger partial charge on any atom is 0.299 e. The summed E-state index contributed by atoms with van der Waals surface area (Å²) in [7, 11) is 2.42. The number of hydrogen-bond donors (Lipinski definition) is 0. The number of quaternary nitrogens is 1. The molecule has 0 aromatic heterocycles. The Kier molecular flexibility index (Phi) is 10.2. The van der Waals surface area contributed by atoms with Gasteiger partial charge in [-0.1, -0.05) is 36.4 Å². The predicted octanol–water partition coefficient (Wildman–Crippen LogP) is 2.10. The fourth-order valence-corrected chi connectivity index (χ4v) is 2.66. The average molecular weight is 421 g/mol. The van der Waals surface area contributed by atoms with E-state index in [1.54, 1.807) is 33.7 Å². The zero-order valence-electron chi connectivity index (χ0n) is 15.1. The first-order valence-electron chi connectivity index (χ1n) is 7.25. The Morgan fingerprint density at radius 2 is 1.08 bits per heavy atom. The quantitative estimate of drug-likeness (QED) is 0.427. The van der Waals surface area contributed by atoms with E-state index in [1.165, 1.54) is 36.4 Å². The van der Waals surface area contributed by atoms with Crippen molar-refractivity contribution in [2.24, 2.45) is 0 Å². The van der Waals surface area contributed by atoms with Crippen molar-refractivity contribution in [3.8, 4) is 0 Å².